The molecule has 2 fully saturated rings. The second kappa shape index (κ2) is 12.0. The van der Waals surface area contributed by atoms with Gasteiger partial charge < -0.3 is 50.6 Å². The molecule has 0 radical (unpaired) electrons. The van der Waals surface area contributed by atoms with E-state index in [2.05, 4.69) is 14.8 Å². The van der Waals surface area contributed by atoms with E-state index in [0.29, 0.717) is 24.4 Å². The van der Waals surface area contributed by atoms with Crippen molar-refractivity contribution in [3.63, 3.8) is 0 Å². The lowest BCUT2D eigenvalue weighted by molar-refractivity contribution is -0.343. The molecule has 5 atom stereocenters. The Morgan fingerprint density at radius 1 is 1.11 bits per heavy atom. The van der Waals surface area contributed by atoms with Gasteiger partial charge in [-0.15, -0.1) is 0 Å². The van der Waals surface area contributed by atoms with Crippen molar-refractivity contribution in [3.05, 3.63) is 23.4 Å². The predicted octanol–water partition coefficient (Wildman–Crippen LogP) is 0.163. The Balaban J connectivity index is 1.62. The van der Waals surface area contributed by atoms with Crippen molar-refractivity contribution in [1.29, 1.82) is 0 Å². The van der Waals surface area contributed by atoms with E-state index >= 15 is 0 Å². The van der Waals surface area contributed by atoms with Crippen molar-refractivity contribution < 1.29 is 38.6 Å². The molecular weight excluding hydrogens is 517 g/mol. The number of imidazole rings is 1. The van der Waals surface area contributed by atoms with Crippen LogP contribution in [0.2, 0.25) is 0 Å². The summed E-state index contributed by atoms with van der Waals surface area (Å²) in [4.78, 5) is 39.8. The zero-order valence-electron chi connectivity index (χ0n) is 21.4. The summed E-state index contributed by atoms with van der Waals surface area (Å²) in [5, 5.41) is 23.8. The number of nitrogens with two attached hydrogens (primary N) is 2. The third kappa shape index (κ3) is 6.25. The Labute approximate surface area is 221 Å². The second-order valence-electron chi connectivity index (χ2n) is 10.6. The maximum atomic E-state index is 13.6. The van der Waals surface area contributed by atoms with E-state index in [1.165, 1.54) is 30.2 Å². The first-order chi connectivity index (χ1) is 18.0. The molecule has 214 valence electrons. The van der Waals surface area contributed by atoms with Gasteiger partial charge in [-0.05, 0) is 31.3 Å². The standard InChI is InChI=1S/C24H40N5O8P/c25-20-15-10-8-6-4-2-1-3-5-7-9-11-24(12-15,23(32)28-20)19-21(26)29(14-27-19)22-18(31)17(30)16(37-22)13-36-38(33,34)35/h14,16-18,22,30-31H,1-13,25-26H2,(H,28,32)(H2,33,34,35)/p-2. The fourth-order valence-electron chi connectivity index (χ4n) is 5.81. The number of fused-ring (bicyclic) bond motifs is 2. The summed E-state index contributed by atoms with van der Waals surface area (Å²) in [6.45, 7) is -0.764. The zero-order valence-corrected chi connectivity index (χ0v) is 22.3. The minimum atomic E-state index is -5.31. The van der Waals surface area contributed by atoms with Crippen molar-refractivity contribution in [2.75, 3.05) is 12.3 Å². The van der Waals surface area contributed by atoms with Crippen molar-refractivity contribution in [2.24, 2.45) is 5.73 Å². The summed E-state index contributed by atoms with van der Waals surface area (Å²) in [5.41, 5.74) is 13.0. The quantitative estimate of drug-likeness (QED) is 0.308. The largest absolute Gasteiger partial charge is 0.790 e. The van der Waals surface area contributed by atoms with E-state index in [-0.39, 0.29) is 11.7 Å². The summed E-state index contributed by atoms with van der Waals surface area (Å²) in [5.74, 6) is 0.172. The Bertz CT molecular complexity index is 1070. The molecule has 2 bridgehead atoms. The Hall–Kier alpha value is -1.99. The number of allylic oxidation sites excluding steroid dienone is 1. The molecular formula is C24H38N5O8P-2. The van der Waals surface area contributed by atoms with Gasteiger partial charge in [-0.2, -0.15) is 0 Å². The van der Waals surface area contributed by atoms with E-state index in [1.54, 1.807) is 0 Å². The Morgan fingerprint density at radius 3 is 2.39 bits per heavy atom. The van der Waals surface area contributed by atoms with Gasteiger partial charge in [-0.3, -0.25) is 9.36 Å². The number of aliphatic hydroxyl groups excluding tert-OH is 2. The van der Waals surface area contributed by atoms with E-state index < -0.39 is 44.4 Å². The van der Waals surface area contributed by atoms with Crippen LogP contribution >= 0.6 is 7.82 Å². The molecule has 1 saturated heterocycles. The smallest absolute Gasteiger partial charge is 0.238 e. The number of ether oxygens (including phenoxy) is 1. The summed E-state index contributed by atoms with van der Waals surface area (Å²) in [7, 11) is -5.31. The highest BCUT2D eigenvalue weighted by Crippen LogP contribution is 2.44. The van der Waals surface area contributed by atoms with Crippen LogP contribution in [0, 0.1) is 0 Å². The number of phosphoric acid groups is 1. The van der Waals surface area contributed by atoms with E-state index in [1.807, 2.05) is 0 Å². The first-order valence-corrected chi connectivity index (χ1v) is 14.8. The van der Waals surface area contributed by atoms with Gasteiger partial charge in [0.2, 0.25) is 5.91 Å². The second-order valence-corrected chi connectivity index (χ2v) is 11.7. The number of rotatable bonds is 5. The number of phosphoric ester groups is 1. The molecule has 14 heteroatoms. The third-order valence-corrected chi connectivity index (χ3v) is 8.42. The van der Waals surface area contributed by atoms with Crippen molar-refractivity contribution in [2.45, 2.75) is 107 Å². The number of aliphatic hydroxyl groups is 2. The lowest BCUT2D eigenvalue weighted by Crippen LogP contribution is -2.50. The molecule has 3 aliphatic rings. The molecule has 4 rings (SSSR count). The van der Waals surface area contributed by atoms with Gasteiger partial charge in [0.15, 0.2) is 6.23 Å². The Morgan fingerprint density at radius 2 is 1.74 bits per heavy atom. The maximum absolute atomic E-state index is 13.6. The van der Waals surface area contributed by atoms with Gasteiger partial charge in [0.05, 0.1) is 31.9 Å². The number of aromatic nitrogens is 2. The molecule has 7 N–H and O–H groups in total. The van der Waals surface area contributed by atoms with Gasteiger partial charge in [-0.25, -0.2) is 4.98 Å². The number of anilines is 1. The highest BCUT2D eigenvalue weighted by atomic mass is 31.2. The van der Waals surface area contributed by atoms with Crippen molar-refractivity contribution in [3.8, 4) is 0 Å². The zero-order chi connectivity index (χ0) is 27.5. The molecule has 2 aliphatic heterocycles. The summed E-state index contributed by atoms with van der Waals surface area (Å²) in [6, 6.07) is 0. The number of carbonyl (C=O) groups excluding carboxylic acids is 1. The van der Waals surface area contributed by atoms with Crippen LogP contribution in [-0.4, -0.2) is 50.6 Å². The van der Waals surface area contributed by atoms with E-state index in [4.69, 9.17) is 16.2 Å². The molecule has 0 aromatic carbocycles. The monoisotopic (exact) mass is 555 g/mol. The predicted molar refractivity (Wildman–Crippen MR) is 133 cm³/mol. The SMILES string of the molecule is NC1=C2CCCCCCCCCCCC(c3ncn(C4OC(COP(=O)([O-])[O-])C(O)C4O)c3N)(C2)C(=O)N1. The van der Waals surface area contributed by atoms with Crippen LogP contribution in [-0.2, 0) is 24.0 Å². The fourth-order valence-corrected chi connectivity index (χ4v) is 6.14. The normalized spacial score (nSPS) is 32.2. The van der Waals surface area contributed by atoms with Gasteiger partial charge >= 0.3 is 0 Å². The average Bonchev–Trinajstić information content (AvgIpc) is 3.37. The minimum Gasteiger partial charge on any atom is -0.790 e. The number of nitrogens with zero attached hydrogens (tertiary/aromatic N) is 2. The highest BCUT2D eigenvalue weighted by Gasteiger charge is 2.49. The average molecular weight is 556 g/mol. The molecule has 13 nitrogen and oxygen atoms in total. The highest BCUT2D eigenvalue weighted by molar-refractivity contribution is 7.43. The van der Waals surface area contributed by atoms with Gasteiger partial charge in [0, 0.05) is 0 Å². The van der Waals surface area contributed by atoms with Crippen LogP contribution < -0.4 is 26.6 Å². The van der Waals surface area contributed by atoms with Crippen LogP contribution in [0.5, 0.6) is 0 Å². The lowest BCUT2D eigenvalue weighted by atomic mass is 9.71. The van der Waals surface area contributed by atoms with Crippen LogP contribution in [0.1, 0.15) is 89.0 Å². The number of nitrogens with one attached hydrogen (secondary N) is 1. The molecule has 38 heavy (non-hydrogen) atoms. The number of hydrogen-bond acceptors (Lipinski definition) is 11. The molecule has 0 spiro atoms. The van der Waals surface area contributed by atoms with E-state index in [0.717, 1.165) is 50.5 Å². The molecule has 5 unspecified atom stereocenters. The minimum absolute atomic E-state index is 0.0808. The van der Waals surface area contributed by atoms with Crippen LogP contribution in [0.25, 0.3) is 0 Å². The third-order valence-electron chi connectivity index (χ3n) is 7.95. The number of nitrogen functional groups attached to an aromatic ring is 1. The lowest BCUT2D eigenvalue weighted by Gasteiger charge is -2.37. The topological polar surface area (TPSA) is 221 Å². The van der Waals surface area contributed by atoms with Crippen LogP contribution in [0.4, 0.5) is 5.82 Å². The number of amides is 1. The fraction of sp³-hybridized carbons (Fsp3) is 0.750. The summed E-state index contributed by atoms with van der Waals surface area (Å²) in [6.07, 6.45) is 7.03. The molecule has 1 aromatic heterocycles. The van der Waals surface area contributed by atoms with Gasteiger partial charge in [-0.1, -0.05) is 51.4 Å². The molecule has 3 heterocycles. The molecule has 1 saturated carbocycles. The van der Waals surface area contributed by atoms with Crippen LogP contribution in [0.3, 0.4) is 0 Å². The first-order valence-electron chi connectivity index (χ1n) is 13.3. The Kier molecular flexibility index (Phi) is 9.18. The maximum Gasteiger partial charge on any atom is 0.238 e. The summed E-state index contributed by atoms with van der Waals surface area (Å²) >= 11 is 0. The molecule has 1 amide bonds. The van der Waals surface area contributed by atoms with E-state index in [9.17, 15) is 29.4 Å². The first kappa shape index (κ1) is 29.0. The molecule has 1 aliphatic carbocycles. The number of hydrogen-bond donors (Lipinski definition) is 5. The van der Waals surface area contributed by atoms with Gasteiger partial charge in [0.1, 0.15) is 30.0 Å². The van der Waals surface area contributed by atoms with Crippen molar-refractivity contribution in [1.82, 2.24) is 14.9 Å². The molecule has 1 aromatic rings. The summed E-state index contributed by atoms with van der Waals surface area (Å²) < 4.78 is 22.0. The van der Waals surface area contributed by atoms with Crippen LogP contribution in [0.15, 0.2) is 17.7 Å². The van der Waals surface area contributed by atoms with Crippen molar-refractivity contribution >= 4 is 19.5 Å². The van der Waals surface area contributed by atoms with Gasteiger partial charge in [0.25, 0.3) is 0 Å². The number of carbonyl (C=O) groups is 1.